The van der Waals surface area contributed by atoms with Crippen LogP contribution in [0.25, 0.3) is 5.57 Å². The predicted molar refractivity (Wildman–Crippen MR) is 62.3 cm³/mol. The van der Waals surface area contributed by atoms with Gasteiger partial charge in [0.2, 0.25) is 0 Å². The first-order valence-corrected chi connectivity index (χ1v) is 5.60. The summed E-state index contributed by atoms with van der Waals surface area (Å²) in [6.45, 7) is 0.672. The Balaban J connectivity index is 2.25. The van der Waals surface area contributed by atoms with Gasteiger partial charge in [0, 0.05) is 6.54 Å². The van der Waals surface area contributed by atoms with Crippen molar-refractivity contribution in [1.29, 1.82) is 0 Å². The Bertz CT molecular complexity index is 564. The molecule has 0 saturated carbocycles. The lowest BCUT2D eigenvalue weighted by Gasteiger charge is -2.26. The summed E-state index contributed by atoms with van der Waals surface area (Å²) in [4.78, 5) is 11.8. The zero-order valence-electron chi connectivity index (χ0n) is 8.94. The molecule has 0 fully saturated rings. The van der Waals surface area contributed by atoms with Crippen molar-refractivity contribution in [1.82, 2.24) is 4.57 Å². The van der Waals surface area contributed by atoms with Crippen molar-refractivity contribution in [3.63, 3.8) is 0 Å². The third-order valence-electron chi connectivity index (χ3n) is 3.29. The summed E-state index contributed by atoms with van der Waals surface area (Å²) in [7, 11) is 0. The molecule has 0 saturated heterocycles. The van der Waals surface area contributed by atoms with Crippen molar-refractivity contribution in [3.05, 3.63) is 45.9 Å². The lowest BCUT2D eigenvalue weighted by molar-refractivity contribution is 0.454. The van der Waals surface area contributed by atoms with Crippen molar-refractivity contribution in [3.8, 4) is 5.75 Å². The molecule has 1 aliphatic carbocycles. The molecule has 0 aromatic carbocycles. The van der Waals surface area contributed by atoms with Gasteiger partial charge in [0.25, 0.3) is 5.56 Å². The van der Waals surface area contributed by atoms with Crippen LogP contribution in [0.3, 0.4) is 0 Å². The monoisotopic (exact) mass is 215 g/mol. The fourth-order valence-corrected chi connectivity index (χ4v) is 2.49. The number of nitrogens with zero attached hydrogens (tertiary/aromatic N) is 1. The number of aromatic nitrogens is 1. The molecule has 1 aliphatic heterocycles. The van der Waals surface area contributed by atoms with E-state index in [-0.39, 0.29) is 11.3 Å². The highest BCUT2D eigenvalue weighted by atomic mass is 16.3. The van der Waals surface area contributed by atoms with Crippen LogP contribution in [0.5, 0.6) is 5.75 Å². The summed E-state index contributed by atoms with van der Waals surface area (Å²) in [6, 6.07) is 3.33. The highest BCUT2D eigenvalue weighted by molar-refractivity contribution is 5.79. The van der Waals surface area contributed by atoms with E-state index in [1.165, 1.54) is 17.2 Å². The van der Waals surface area contributed by atoms with Crippen LogP contribution < -0.4 is 5.56 Å². The molecule has 2 heterocycles. The summed E-state index contributed by atoms with van der Waals surface area (Å²) >= 11 is 0. The normalized spacial score (nSPS) is 18.2. The van der Waals surface area contributed by atoms with E-state index in [0.29, 0.717) is 6.54 Å². The van der Waals surface area contributed by atoms with Crippen LogP contribution in [0.4, 0.5) is 0 Å². The molecule has 3 heteroatoms. The van der Waals surface area contributed by atoms with Crippen LogP contribution in [-0.4, -0.2) is 9.67 Å². The number of allylic oxidation sites excluding steroid dienone is 4. The van der Waals surface area contributed by atoms with Crippen molar-refractivity contribution in [2.45, 2.75) is 25.8 Å². The van der Waals surface area contributed by atoms with Crippen LogP contribution >= 0.6 is 0 Å². The number of rotatable bonds is 0. The minimum atomic E-state index is -0.275. The molecular weight excluding hydrogens is 202 g/mol. The quantitative estimate of drug-likeness (QED) is 0.719. The molecule has 82 valence electrons. The molecule has 1 aromatic heterocycles. The van der Waals surface area contributed by atoms with E-state index >= 15 is 0 Å². The van der Waals surface area contributed by atoms with Crippen molar-refractivity contribution >= 4 is 5.57 Å². The Morgan fingerprint density at radius 3 is 2.88 bits per heavy atom. The van der Waals surface area contributed by atoms with Crippen molar-refractivity contribution in [2.75, 3.05) is 0 Å². The standard InChI is InChI=1S/C13H13NO2/c15-12-6-5-11-10-4-2-1-3-9(10)7-8-14(11)13(12)16/h3-6,15H,1-2,7-8H2. The van der Waals surface area contributed by atoms with E-state index in [1.54, 1.807) is 4.57 Å². The second-order valence-electron chi connectivity index (χ2n) is 4.24. The molecule has 16 heavy (non-hydrogen) atoms. The van der Waals surface area contributed by atoms with Crippen LogP contribution in [0.1, 0.15) is 25.0 Å². The Hall–Kier alpha value is -1.77. The van der Waals surface area contributed by atoms with Gasteiger partial charge in [-0.1, -0.05) is 12.2 Å². The van der Waals surface area contributed by atoms with Gasteiger partial charge < -0.3 is 9.67 Å². The summed E-state index contributed by atoms with van der Waals surface area (Å²) in [6.07, 6.45) is 7.48. The lowest BCUT2D eigenvalue weighted by Crippen LogP contribution is -2.26. The zero-order valence-corrected chi connectivity index (χ0v) is 8.94. The van der Waals surface area contributed by atoms with Gasteiger partial charge >= 0.3 is 0 Å². The molecule has 1 N–H and O–H groups in total. The van der Waals surface area contributed by atoms with Gasteiger partial charge in [-0.05, 0) is 42.5 Å². The number of pyridine rings is 1. The molecule has 3 nitrogen and oxygen atoms in total. The lowest BCUT2D eigenvalue weighted by atomic mass is 9.90. The van der Waals surface area contributed by atoms with Crippen molar-refractivity contribution < 1.29 is 5.11 Å². The van der Waals surface area contributed by atoms with Gasteiger partial charge in [0.15, 0.2) is 5.75 Å². The maximum Gasteiger partial charge on any atom is 0.293 e. The Morgan fingerprint density at radius 1 is 1.19 bits per heavy atom. The molecule has 0 amide bonds. The van der Waals surface area contributed by atoms with E-state index in [1.807, 2.05) is 6.07 Å². The van der Waals surface area contributed by atoms with Crippen LogP contribution in [-0.2, 0) is 6.54 Å². The van der Waals surface area contributed by atoms with Crippen molar-refractivity contribution in [2.24, 2.45) is 0 Å². The van der Waals surface area contributed by atoms with Gasteiger partial charge in [0.1, 0.15) is 0 Å². The largest absolute Gasteiger partial charge is 0.503 e. The minimum Gasteiger partial charge on any atom is -0.503 e. The Labute approximate surface area is 93.3 Å². The first-order valence-electron chi connectivity index (χ1n) is 5.60. The van der Waals surface area contributed by atoms with E-state index in [2.05, 4.69) is 12.2 Å². The second kappa shape index (κ2) is 3.37. The fourth-order valence-electron chi connectivity index (χ4n) is 2.49. The topological polar surface area (TPSA) is 42.2 Å². The Morgan fingerprint density at radius 2 is 2.00 bits per heavy atom. The summed E-state index contributed by atoms with van der Waals surface area (Å²) in [5, 5.41) is 9.40. The van der Waals surface area contributed by atoms with Gasteiger partial charge in [-0.15, -0.1) is 0 Å². The number of hydrogen-bond donors (Lipinski definition) is 1. The van der Waals surface area contributed by atoms with Crippen LogP contribution in [0, 0.1) is 0 Å². The average Bonchev–Trinajstić information content (AvgIpc) is 2.33. The maximum absolute atomic E-state index is 11.8. The number of fused-ring (bicyclic) bond motifs is 3. The van der Waals surface area contributed by atoms with Gasteiger partial charge in [0.05, 0.1) is 5.69 Å². The molecule has 0 spiro atoms. The maximum atomic E-state index is 11.8. The fraction of sp³-hybridized carbons (Fsp3) is 0.308. The highest BCUT2D eigenvalue weighted by Crippen LogP contribution is 2.34. The van der Waals surface area contributed by atoms with E-state index in [9.17, 15) is 9.90 Å². The Kier molecular flexibility index (Phi) is 1.99. The molecule has 0 bridgehead atoms. The van der Waals surface area contributed by atoms with Crippen LogP contribution in [0.15, 0.2) is 34.7 Å². The van der Waals surface area contributed by atoms with E-state index in [4.69, 9.17) is 0 Å². The third kappa shape index (κ3) is 1.24. The number of aromatic hydroxyl groups is 1. The molecule has 3 rings (SSSR count). The van der Waals surface area contributed by atoms with Gasteiger partial charge in [-0.25, -0.2) is 0 Å². The smallest absolute Gasteiger partial charge is 0.293 e. The second-order valence-corrected chi connectivity index (χ2v) is 4.24. The zero-order chi connectivity index (χ0) is 11.1. The molecule has 2 aliphatic rings. The van der Waals surface area contributed by atoms with Gasteiger partial charge in [-0.2, -0.15) is 0 Å². The third-order valence-corrected chi connectivity index (χ3v) is 3.29. The summed E-state index contributed by atoms with van der Waals surface area (Å²) in [5.41, 5.74) is 3.19. The van der Waals surface area contributed by atoms with Gasteiger partial charge in [-0.3, -0.25) is 4.79 Å². The predicted octanol–water partition coefficient (Wildman–Crippen LogP) is 2.06. The first-order chi connectivity index (χ1) is 7.77. The van der Waals surface area contributed by atoms with E-state index < -0.39 is 0 Å². The molecule has 0 radical (unpaired) electrons. The van der Waals surface area contributed by atoms with E-state index in [0.717, 1.165) is 25.0 Å². The molecular formula is C13H13NO2. The molecule has 1 aromatic rings. The first kappa shape index (κ1) is 9.46. The SMILES string of the molecule is O=c1c(O)ccc2n1CCC1=CCCC=C12. The average molecular weight is 215 g/mol. The molecule has 0 atom stereocenters. The summed E-state index contributed by atoms with van der Waals surface area (Å²) < 4.78 is 1.67. The molecule has 0 unspecified atom stereocenters. The minimum absolute atomic E-state index is 0.160. The highest BCUT2D eigenvalue weighted by Gasteiger charge is 2.21. The number of hydrogen-bond acceptors (Lipinski definition) is 2. The summed E-state index contributed by atoms with van der Waals surface area (Å²) in [5.74, 6) is -0.160. The van der Waals surface area contributed by atoms with Crippen LogP contribution in [0.2, 0.25) is 0 Å².